The number of carbonyl (C=O) groups is 1. The topological polar surface area (TPSA) is 45.7 Å². The number of carbonyl (C=O) groups excluding carboxylic acids is 1. The molecule has 33 heavy (non-hydrogen) atoms. The van der Waals surface area contributed by atoms with Gasteiger partial charge in [-0.1, -0.05) is 17.4 Å². The second kappa shape index (κ2) is 10.4. The van der Waals surface area contributed by atoms with Crippen molar-refractivity contribution in [2.75, 3.05) is 44.3 Å². The summed E-state index contributed by atoms with van der Waals surface area (Å²) in [5.41, 5.74) is 2.44. The zero-order valence-electron chi connectivity index (χ0n) is 18.3. The number of fused-ring (bicyclic) bond motifs is 1. The van der Waals surface area contributed by atoms with Gasteiger partial charge in [0.25, 0.3) is 5.91 Å². The zero-order valence-corrected chi connectivity index (χ0v) is 19.9. The Morgan fingerprint density at radius 2 is 1.79 bits per heavy atom. The summed E-state index contributed by atoms with van der Waals surface area (Å²) in [4.78, 5) is 21.9. The average molecular weight is 500 g/mol. The molecular formula is C23H25ClF3N3O2S. The molecule has 2 heterocycles. The Balaban J connectivity index is 0.00000306. The van der Waals surface area contributed by atoms with Gasteiger partial charge in [0.1, 0.15) is 0 Å². The van der Waals surface area contributed by atoms with Crippen LogP contribution in [0.4, 0.5) is 18.3 Å². The second-order valence-electron chi connectivity index (χ2n) is 7.84. The molecular weight excluding hydrogens is 475 g/mol. The molecule has 1 fully saturated rings. The molecule has 0 unspecified atom stereocenters. The molecule has 1 aromatic heterocycles. The van der Waals surface area contributed by atoms with E-state index in [9.17, 15) is 18.0 Å². The summed E-state index contributed by atoms with van der Waals surface area (Å²) >= 11 is 1.42. The summed E-state index contributed by atoms with van der Waals surface area (Å²) in [6.45, 7) is 7.87. The van der Waals surface area contributed by atoms with E-state index < -0.39 is 11.7 Å². The quantitative estimate of drug-likeness (QED) is 0.476. The lowest BCUT2D eigenvalue weighted by atomic mass is 10.1. The summed E-state index contributed by atoms with van der Waals surface area (Å²) in [6.07, 6.45) is -4.44. The van der Waals surface area contributed by atoms with Crippen LogP contribution in [0.3, 0.4) is 0 Å². The van der Waals surface area contributed by atoms with E-state index in [0.29, 0.717) is 31.4 Å². The molecule has 1 amide bonds. The van der Waals surface area contributed by atoms with Crippen LogP contribution in [0, 0.1) is 13.8 Å². The van der Waals surface area contributed by atoms with Gasteiger partial charge in [0, 0.05) is 31.7 Å². The van der Waals surface area contributed by atoms with E-state index in [1.807, 2.05) is 26.0 Å². The van der Waals surface area contributed by atoms with Gasteiger partial charge in [-0.2, -0.15) is 13.2 Å². The van der Waals surface area contributed by atoms with Crippen LogP contribution >= 0.6 is 23.7 Å². The third-order valence-electron chi connectivity index (χ3n) is 5.75. The van der Waals surface area contributed by atoms with Crippen molar-refractivity contribution in [2.24, 2.45) is 0 Å². The first-order chi connectivity index (χ1) is 15.2. The molecule has 1 aliphatic rings. The highest BCUT2D eigenvalue weighted by atomic mass is 35.5. The lowest BCUT2D eigenvalue weighted by Crippen LogP contribution is -2.43. The maximum Gasteiger partial charge on any atom is 0.416 e. The Bertz CT molecular complexity index is 1110. The van der Waals surface area contributed by atoms with Crippen molar-refractivity contribution in [1.82, 2.24) is 9.88 Å². The Labute approximate surface area is 200 Å². The summed E-state index contributed by atoms with van der Waals surface area (Å²) in [6, 6.07) is 8.36. The molecule has 3 aromatic rings. The maximum atomic E-state index is 13.4. The largest absolute Gasteiger partial charge is 0.416 e. The maximum absolute atomic E-state index is 13.4. The van der Waals surface area contributed by atoms with E-state index in [4.69, 9.17) is 9.72 Å². The molecule has 4 rings (SSSR count). The van der Waals surface area contributed by atoms with Gasteiger partial charge in [0.2, 0.25) is 0 Å². The molecule has 0 bridgehead atoms. The number of aryl methyl sites for hydroxylation is 2. The number of aromatic nitrogens is 1. The van der Waals surface area contributed by atoms with Gasteiger partial charge in [-0.15, -0.1) is 12.4 Å². The van der Waals surface area contributed by atoms with Crippen LogP contribution in [0.2, 0.25) is 0 Å². The Kier molecular flexibility index (Phi) is 8.00. The lowest BCUT2D eigenvalue weighted by Gasteiger charge is -2.29. The lowest BCUT2D eigenvalue weighted by molar-refractivity contribution is -0.137. The van der Waals surface area contributed by atoms with E-state index in [1.165, 1.54) is 23.5 Å². The number of benzene rings is 2. The number of thiazole rings is 1. The van der Waals surface area contributed by atoms with Gasteiger partial charge in [0.15, 0.2) is 5.13 Å². The molecule has 1 aliphatic heterocycles. The smallest absolute Gasteiger partial charge is 0.379 e. The molecule has 178 valence electrons. The van der Waals surface area contributed by atoms with Crippen LogP contribution in [0.1, 0.15) is 27.0 Å². The number of rotatable bonds is 5. The van der Waals surface area contributed by atoms with Gasteiger partial charge in [-0.05, 0) is 55.3 Å². The van der Waals surface area contributed by atoms with Crippen molar-refractivity contribution >= 4 is 45.0 Å². The minimum atomic E-state index is -4.44. The van der Waals surface area contributed by atoms with Gasteiger partial charge in [-0.25, -0.2) is 4.98 Å². The van der Waals surface area contributed by atoms with Gasteiger partial charge >= 0.3 is 6.18 Å². The zero-order chi connectivity index (χ0) is 22.9. The fourth-order valence-electron chi connectivity index (χ4n) is 3.64. The van der Waals surface area contributed by atoms with E-state index in [0.717, 1.165) is 46.6 Å². The molecule has 0 radical (unpaired) electrons. The van der Waals surface area contributed by atoms with Crippen molar-refractivity contribution in [3.63, 3.8) is 0 Å². The minimum Gasteiger partial charge on any atom is -0.379 e. The summed E-state index contributed by atoms with van der Waals surface area (Å²) < 4.78 is 45.2. The van der Waals surface area contributed by atoms with Crippen LogP contribution in [-0.4, -0.2) is 55.2 Å². The van der Waals surface area contributed by atoms with Crippen LogP contribution < -0.4 is 4.90 Å². The van der Waals surface area contributed by atoms with Crippen molar-refractivity contribution in [3.05, 3.63) is 58.7 Å². The highest BCUT2D eigenvalue weighted by Gasteiger charge is 2.31. The second-order valence-corrected chi connectivity index (χ2v) is 8.85. The molecule has 0 aliphatic carbocycles. The third-order valence-corrected chi connectivity index (χ3v) is 6.80. The fraction of sp³-hybridized carbons (Fsp3) is 0.391. The summed E-state index contributed by atoms with van der Waals surface area (Å²) in [5, 5.41) is 0.548. The van der Waals surface area contributed by atoms with E-state index >= 15 is 0 Å². The standard InChI is InChI=1S/C23H24F3N3O2S.ClH/c1-15-3-8-19-20(16(15)2)27-22(32-19)29(10-9-28-11-13-31-14-12-28)21(30)17-4-6-18(7-5-17)23(24,25)26;/h3-8H,9-14H2,1-2H3;1H. The number of amides is 1. The van der Waals surface area contributed by atoms with Crippen LogP contribution in [0.5, 0.6) is 0 Å². The van der Waals surface area contributed by atoms with Crippen LogP contribution in [0.15, 0.2) is 36.4 Å². The Morgan fingerprint density at radius 3 is 2.42 bits per heavy atom. The number of ether oxygens (including phenoxy) is 1. The first-order valence-electron chi connectivity index (χ1n) is 10.4. The molecule has 0 saturated carbocycles. The fourth-order valence-corrected chi connectivity index (χ4v) is 4.69. The number of anilines is 1. The number of halogens is 4. The molecule has 0 spiro atoms. The molecule has 10 heteroatoms. The summed E-state index contributed by atoms with van der Waals surface area (Å²) in [5.74, 6) is -0.361. The van der Waals surface area contributed by atoms with Gasteiger partial charge in [-0.3, -0.25) is 14.6 Å². The minimum absolute atomic E-state index is 0. The SMILES string of the molecule is Cc1ccc2sc(N(CCN3CCOCC3)C(=O)c3ccc(C(F)(F)F)cc3)nc2c1C.Cl. The average Bonchev–Trinajstić information content (AvgIpc) is 3.21. The van der Waals surface area contributed by atoms with Crippen molar-refractivity contribution in [3.8, 4) is 0 Å². The number of nitrogens with zero attached hydrogens (tertiary/aromatic N) is 3. The number of hydrogen-bond acceptors (Lipinski definition) is 5. The summed E-state index contributed by atoms with van der Waals surface area (Å²) in [7, 11) is 0. The number of alkyl halides is 3. The van der Waals surface area contributed by atoms with E-state index in [2.05, 4.69) is 4.90 Å². The van der Waals surface area contributed by atoms with Crippen molar-refractivity contribution in [1.29, 1.82) is 0 Å². The van der Waals surface area contributed by atoms with Crippen LogP contribution in [0.25, 0.3) is 10.2 Å². The number of morpholine rings is 1. The number of hydrogen-bond donors (Lipinski definition) is 0. The van der Waals surface area contributed by atoms with E-state index in [1.54, 1.807) is 4.90 Å². The molecule has 0 N–H and O–H groups in total. The predicted molar refractivity (Wildman–Crippen MR) is 127 cm³/mol. The highest BCUT2D eigenvalue weighted by Crippen LogP contribution is 2.33. The van der Waals surface area contributed by atoms with Crippen LogP contribution in [-0.2, 0) is 10.9 Å². The van der Waals surface area contributed by atoms with Gasteiger partial charge in [0.05, 0.1) is 29.0 Å². The first-order valence-corrected chi connectivity index (χ1v) is 11.2. The van der Waals surface area contributed by atoms with Gasteiger partial charge < -0.3 is 4.74 Å². The molecule has 0 atom stereocenters. The monoisotopic (exact) mass is 499 g/mol. The highest BCUT2D eigenvalue weighted by molar-refractivity contribution is 7.22. The molecule has 5 nitrogen and oxygen atoms in total. The van der Waals surface area contributed by atoms with Crippen molar-refractivity contribution in [2.45, 2.75) is 20.0 Å². The van der Waals surface area contributed by atoms with E-state index in [-0.39, 0.29) is 23.9 Å². The Hall–Kier alpha value is -2.20. The predicted octanol–water partition coefficient (Wildman–Crippen LogP) is 5.33. The Morgan fingerprint density at radius 1 is 1.12 bits per heavy atom. The molecule has 1 saturated heterocycles. The molecule has 2 aromatic carbocycles. The van der Waals surface area contributed by atoms with Crippen molar-refractivity contribution < 1.29 is 22.7 Å². The normalized spacial score (nSPS) is 14.8. The first kappa shape index (κ1) is 25.4. The third kappa shape index (κ3) is 5.66.